The lowest BCUT2D eigenvalue weighted by atomic mass is 9.80. The highest BCUT2D eigenvalue weighted by atomic mass is 16.5. The second-order valence-electron chi connectivity index (χ2n) is 5.72. The molecule has 98 valence electrons. The molecule has 4 unspecified atom stereocenters. The van der Waals surface area contributed by atoms with Gasteiger partial charge in [-0.2, -0.15) is 0 Å². The first-order valence-electron chi connectivity index (χ1n) is 7.07. The van der Waals surface area contributed by atoms with Gasteiger partial charge in [-0.05, 0) is 37.0 Å². The Balaban J connectivity index is 1.74. The van der Waals surface area contributed by atoms with Crippen molar-refractivity contribution in [2.75, 3.05) is 0 Å². The van der Waals surface area contributed by atoms with Crippen LogP contribution in [-0.4, -0.2) is 17.2 Å². The number of nitrogens with two attached hydrogens (primary N) is 1. The van der Waals surface area contributed by atoms with Gasteiger partial charge in [-0.1, -0.05) is 18.2 Å². The number of ether oxygens (including phenoxy) is 1. The summed E-state index contributed by atoms with van der Waals surface area (Å²) in [4.78, 5) is 4.41. The predicted molar refractivity (Wildman–Crippen MR) is 74.7 cm³/mol. The molecule has 2 bridgehead atoms. The van der Waals surface area contributed by atoms with Crippen LogP contribution in [0.4, 0.5) is 0 Å². The van der Waals surface area contributed by atoms with E-state index in [1.165, 1.54) is 23.8 Å². The van der Waals surface area contributed by atoms with Crippen molar-refractivity contribution in [1.82, 2.24) is 4.98 Å². The molecule has 0 amide bonds. The van der Waals surface area contributed by atoms with E-state index in [0.29, 0.717) is 18.1 Å². The topological polar surface area (TPSA) is 48.1 Å². The number of pyridine rings is 1. The average Bonchev–Trinajstić information content (AvgIpc) is 3.08. The van der Waals surface area contributed by atoms with Gasteiger partial charge in [-0.25, -0.2) is 0 Å². The van der Waals surface area contributed by atoms with Crippen molar-refractivity contribution in [2.45, 2.75) is 37.5 Å². The van der Waals surface area contributed by atoms with Gasteiger partial charge >= 0.3 is 0 Å². The molecule has 1 aromatic heterocycles. The smallest absolute Gasteiger partial charge is 0.0705 e. The van der Waals surface area contributed by atoms with Gasteiger partial charge < -0.3 is 10.5 Å². The highest BCUT2D eigenvalue weighted by Crippen LogP contribution is 2.44. The molecule has 2 saturated heterocycles. The second-order valence-corrected chi connectivity index (χ2v) is 5.72. The summed E-state index contributed by atoms with van der Waals surface area (Å²) in [6, 6.07) is 10.4. The second kappa shape index (κ2) is 4.29. The third kappa shape index (κ3) is 1.77. The van der Waals surface area contributed by atoms with Gasteiger partial charge in [-0.3, -0.25) is 4.98 Å². The molecule has 2 N–H and O–H groups in total. The predicted octanol–water partition coefficient (Wildman–Crippen LogP) is 2.80. The zero-order valence-corrected chi connectivity index (χ0v) is 10.8. The number of rotatable bonds is 2. The third-order valence-corrected chi connectivity index (χ3v) is 4.65. The maximum Gasteiger partial charge on any atom is 0.0705 e. The SMILES string of the molecule is NC(c1cccc2ncccc12)C1CC2CCC1O2. The number of hydrogen-bond acceptors (Lipinski definition) is 3. The van der Waals surface area contributed by atoms with E-state index in [0.717, 1.165) is 11.9 Å². The molecule has 19 heavy (non-hydrogen) atoms. The van der Waals surface area contributed by atoms with Crippen LogP contribution in [0.15, 0.2) is 36.5 Å². The number of hydrogen-bond donors (Lipinski definition) is 1. The number of benzene rings is 1. The number of fused-ring (bicyclic) bond motifs is 3. The van der Waals surface area contributed by atoms with Crippen molar-refractivity contribution in [3.8, 4) is 0 Å². The van der Waals surface area contributed by atoms with E-state index in [4.69, 9.17) is 10.5 Å². The summed E-state index contributed by atoms with van der Waals surface area (Å²) in [6.07, 6.45) is 6.15. The molecule has 0 radical (unpaired) electrons. The minimum Gasteiger partial charge on any atom is -0.375 e. The summed E-state index contributed by atoms with van der Waals surface area (Å²) in [6.45, 7) is 0. The molecule has 2 aromatic rings. The van der Waals surface area contributed by atoms with E-state index in [1.807, 2.05) is 18.3 Å². The van der Waals surface area contributed by atoms with Crippen LogP contribution in [0.25, 0.3) is 10.9 Å². The zero-order chi connectivity index (χ0) is 12.8. The standard InChI is InChI=1S/C16H18N2O/c17-16(13-9-10-6-7-15(13)19-10)12-3-1-5-14-11(12)4-2-8-18-14/h1-5,8,10,13,15-16H,6-7,9,17H2. The van der Waals surface area contributed by atoms with Gasteiger partial charge in [-0.15, -0.1) is 0 Å². The summed E-state index contributed by atoms with van der Waals surface area (Å²) in [5.74, 6) is 0.463. The molecule has 2 aliphatic rings. The quantitative estimate of drug-likeness (QED) is 0.896. The summed E-state index contributed by atoms with van der Waals surface area (Å²) < 4.78 is 5.94. The van der Waals surface area contributed by atoms with Crippen LogP contribution in [0.5, 0.6) is 0 Å². The fraction of sp³-hybridized carbons (Fsp3) is 0.438. The van der Waals surface area contributed by atoms with Crippen molar-refractivity contribution in [3.05, 3.63) is 42.1 Å². The van der Waals surface area contributed by atoms with Crippen molar-refractivity contribution >= 4 is 10.9 Å². The fourth-order valence-corrected chi connectivity index (χ4v) is 3.70. The van der Waals surface area contributed by atoms with Crippen molar-refractivity contribution in [2.24, 2.45) is 11.7 Å². The Bertz CT molecular complexity index is 607. The largest absolute Gasteiger partial charge is 0.375 e. The van der Waals surface area contributed by atoms with Crippen LogP contribution in [0, 0.1) is 5.92 Å². The van der Waals surface area contributed by atoms with Crippen LogP contribution in [0.1, 0.15) is 30.9 Å². The summed E-state index contributed by atoms with van der Waals surface area (Å²) in [7, 11) is 0. The van der Waals surface area contributed by atoms with Gasteiger partial charge in [0.1, 0.15) is 0 Å². The van der Waals surface area contributed by atoms with Gasteiger partial charge in [0.25, 0.3) is 0 Å². The first-order valence-corrected chi connectivity index (χ1v) is 7.07. The van der Waals surface area contributed by atoms with E-state index in [1.54, 1.807) is 0 Å². The van der Waals surface area contributed by atoms with Gasteiger partial charge in [0.05, 0.1) is 17.7 Å². The lowest BCUT2D eigenvalue weighted by Crippen LogP contribution is -2.29. The molecule has 2 fully saturated rings. The highest BCUT2D eigenvalue weighted by Gasteiger charge is 2.43. The Kier molecular flexibility index (Phi) is 2.57. The van der Waals surface area contributed by atoms with Crippen LogP contribution in [0.2, 0.25) is 0 Å². The average molecular weight is 254 g/mol. The summed E-state index contributed by atoms with van der Waals surface area (Å²) in [5.41, 5.74) is 8.79. The molecule has 1 aromatic carbocycles. The number of nitrogens with zero attached hydrogens (tertiary/aromatic N) is 1. The Morgan fingerprint density at radius 3 is 2.95 bits per heavy atom. The molecule has 3 heterocycles. The first-order chi connectivity index (χ1) is 9.33. The van der Waals surface area contributed by atoms with E-state index < -0.39 is 0 Å². The molecule has 0 aliphatic carbocycles. The van der Waals surface area contributed by atoms with Gasteiger partial charge in [0.15, 0.2) is 0 Å². The maximum absolute atomic E-state index is 6.55. The zero-order valence-electron chi connectivity index (χ0n) is 10.8. The van der Waals surface area contributed by atoms with Gasteiger partial charge in [0, 0.05) is 23.5 Å². The molecule has 2 aliphatic heterocycles. The normalized spacial score (nSPS) is 30.9. The first kappa shape index (κ1) is 11.4. The van der Waals surface area contributed by atoms with Crippen molar-refractivity contribution in [1.29, 1.82) is 0 Å². The Hall–Kier alpha value is -1.45. The van der Waals surface area contributed by atoms with Crippen LogP contribution < -0.4 is 5.73 Å². The van der Waals surface area contributed by atoms with E-state index in [9.17, 15) is 0 Å². The van der Waals surface area contributed by atoms with Crippen LogP contribution >= 0.6 is 0 Å². The van der Waals surface area contributed by atoms with Crippen molar-refractivity contribution in [3.63, 3.8) is 0 Å². The Labute approximate surface area is 112 Å². The van der Waals surface area contributed by atoms with E-state index >= 15 is 0 Å². The Morgan fingerprint density at radius 1 is 1.21 bits per heavy atom. The summed E-state index contributed by atoms with van der Waals surface area (Å²) in [5, 5.41) is 1.18. The molecule has 0 saturated carbocycles. The lowest BCUT2D eigenvalue weighted by molar-refractivity contribution is 0.0885. The molecule has 3 heteroatoms. The molecular formula is C16H18N2O. The summed E-state index contributed by atoms with van der Waals surface area (Å²) >= 11 is 0. The highest BCUT2D eigenvalue weighted by molar-refractivity contribution is 5.82. The van der Waals surface area contributed by atoms with E-state index in [2.05, 4.69) is 23.2 Å². The molecule has 4 rings (SSSR count). The molecule has 3 nitrogen and oxygen atoms in total. The van der Waals surface area contributed by atoms with Crippen LogP contribution in [0.3, 0.4) is 0 Å². The fourth-order valence-electron chi connectivity index (χ4n) is 3.70. The third-order valence-electron chi connectivity index (χ3n) is 4.65. The minimum absolute atomic E-state index is 0.0585. The Morgan fingerprint density at radius 2 is 2.16 bits per heavy atom. The van der Waals surface area contributed by atoms with Gasteiger partial charge in [0.2, 0.25) is 0 Å². The van der Waals surface area contributed by atoms with E-state index in [-0.39, 0.29) is 6.04 Å². The van der Waals surface area contributed by atoms with Crippen LogP contribution in [-0.2, 0) is 4.74 Å². The molecular weight excluding hydrogens is 236 g/mol. The maximum atomic E-state index is 6.55. The molecule has 4 atom stereocenters. The molecule has 0 spiro atoms. The number of aromatic nitrogens is 1. The monoisotopic (exact) mass is 254 g/mol. The van der Waals surface area contributed by atoms with Crippen molar-refractivity contribution < 1.29 is 4.74 Å². The minimum atomic E-state index is 0.0585. The lowest BCUT2D eigenvalue weighted by Gasteiger charge is -2.26.